The van der Waals surface area contributed by atoms with E-state index in [9.17, 15) is 33.9 Å². The number of phenols is 1. The average Bonchev–Trinajstić information content (AvgIpc) is 2.81. The number of fused-ring (bicyclic) bond motifs is 1. The van der Waals surface area contributed by atoms with Crippen LogP contribution in [-0.4, -0.2) is 78.4 Å². The zero-order valence-corrected chi connectivity index (χ0v) is 21.0. The summed E-state index contributed by atoms with van der Waals surface area (Å²) in [5.74, 6) is -6.47. The molecule has 3 rings (SSSR count). The lowest BCUT2D eigenvalue weighted by atomic mass is 9.90. The van der Waals surface area contributed by atoms with E-state index in [4.69, 9.17) is 28.4 Å². The van der Waals surface area contributed by atoms with E-state index in [2.05, 4.69) is 0 Å². The Balaban J connectivity index is 2.02. The number of Topliss-reactive ketones (excluding diaryl/α,β-unsaturated/α-hetero) is 1. The van der Waals surface area contributed by atoms with Crippen molar-refractivity contribution in [2.75, 3.05) is 13.2 Å². The van der Waals surface area contributed by atoms with Crippen LogP contribution in [0, 0.1) is 5.92 Å². The summed E-state index contributed by atoms with van der Waals surface area (Å²) in [7, 11) is 0. The first-order valence-electron chi connectivity index (χ1n) is 11.4. The maximum absolute atomic E-state index is 13.1. The van der Waals surface area contributed by atoms with Gasteiger partial charge in [0.05, 0.1) is 11.5 Å². The van der Waals surface area contributed by atoms with Crippen LogP contribution < -0.4 is 0 Å². The van der Waals surface area contributed by atoms with E-state index < -0.39 is 90.7 Å². The average molecular weight is 534 g/mol. The third-order valence-electron chi connectivity index (χ3n) is 5.57. The molecular formula is C25H26O13. The Bertz CT molecular complexity index is 1180. The molecule has 1 fully saturated rings. The van der Waals surface area contributed by atoms with Crippen LogP contribution in [0.25, 0.3) is 0 Å². The molecule has 0 amide bonds. The summed E-state index contributed by atoms with van der Waals surface area (Å²) in [5.41, 5.74) is -0.322. The molecule has 1 aromatic carbocycles. The van der Waals surface area contributed by atoms with Gasteiger partial charge in [-0.25, -0.2) is 0 Å². The normalized spacial score (nSPS) is 24.4. The van der Waals surface area contributed by atoms with Crippen LogP contribution in [0.15, 0.2) is 30.0 Å². The third kappa shape index (κ3) is 6.54. The van der Waals surface area contributed by atoms with Gasteiger partial charge >= 0.3 is 23.9 Å². The highest BCUT2D eigenvalue weighted by molar-refractivity contribution is 6.24. The molecule has 0 radical (unpaired) electrons. The van der Waals surface area contributed by atoms with E-state index in [1.807, 2.05) is 0 Å². The van der Waals surface area contributed by atoms with Crippen molar-refractivity contribution >= 4 is 35.4 Å². The van der Waals surface area contributed by atoms with Crippen LogP contribution >= 0.6 is 0 Å². The number of rotatable bonds is 8. The van der Waals surface area contributed by atoms with E-state index in [1.54, 1.807) is 0 Å². The highest BCUT2D eigenvalue weighted by Crippen LogP contribution is 2.36. The molecule has 13 heteroatoms. The van der Waals surface area contributed by atoms with Crippen molar-refractivity contribution in [3.8, 4) is 5.75 Å². The molecule has 204 valence electrons. The van der Waals surface area contributed by atoms with Gasteiger partial charge in [-0.1, -0.05) is 6.07 Å². The first-order valence-corrected chi connectivity index (χ1v) is 11.4. The zero-order valence-electron chi connectivity index (χ0n) is 21.0. The molecule has 5 atom stereocenters. The maximum Gasteiger partial charge on any atom is 0.303 e. The van der Waals surface area contributed by atoms with Crippen molar-refractivity contribution in [3.05, 3.63) is 41.2 Å². The number of hydrogen-bond acceptors (Lipinski definition) is 13. The number of phenolic OH excluding ortho intramolecular Hbond substituents is 1. The number of hydrogen-bond donors (Lipinski definition) is 1. The first-order chi connectivity index (χ1) is 17.9. The molecule has 1 aliphatic carbocycles. The van der Waals surface area contributed by atoms with Gasteiger partial charge in [-0.05, 0) is 12.1 Å². The van der Waals surface area contributed by atoms with E-state index >= 15 is 0 Å². The van der Waals surface area contributed by atoms with E-state index in [0.717, 1.165) is 33.8 Å². The number of benzene rings is 1. The van der Waals surface area contributed by atoms with Crippen LogP contribution in [-0.2, 0) is 47.6 Å². The highest BCUT2D eigenvalue weighted by atomic mass is 16.7. The topological polar surface area (TPSA) is 178 Å². The largest absolute Gasteiger partial charge is 0.507 e. The van der Waals surface area contributed by atoms with E-state index in [1.165, 1.54) is 18.2 Å². The van der Waals surface area contributed by atoms with Crippen LogP contribution in [0.4, 0.5) is 0 Å². The number of allylic oxidation sites excluding steroid dienone is 2. The van der Waals surface area contributed by atoms with Crippen molar-refractivity contribution in [1.82, 2.24) is 0 Å². The van der Waals surface area contributed by atoms with Crippen LogP contribution in [0.5, 0.6) is 5.75 Å². The molecule has 0 unspecified atom stereocenters. The van der Waals surface area contributed by atoms with Crippen LogP contribution in [0.2, 0.25) is 0 Å². The number of esters is 4. The molecule has 1 N–H and O–H groups in total. The smallest absolute Gasteiger partial charge is 0.303 e. The third-order valence-corrected chi connectivity index (χ3v) is 5.57. The second-order valence-corrected chi connectivity index (χ2v) is 8.48. The minimum Gasteiger partial charge on any atom is -0.507 e. The van der Waals surface area contributed by atoms with E-state index in [-0.39, 0.29) is 11.1 Å². The second-order valence-electron chi connectivity index (χ2n) is 8.48. The lowest BCUT2D eigenvalue weighted by Gasteiger charge is -2.44. The minimum absolute atomic E-state index is 0.120. The fraction of sp³-hybridized carbons (Fsp3) is 0.440. The summed E-state index contributed by atoms with van der Waals surface area (Å²) >= 11 is 0. The Hall–Kier alpha value is -4.26. The zero-order chi connectivity index (χ0) is 28.1. The summed E-state index contributed by atoms with van der Waals surface area (Å²) in [6.45, 7) is 3.52. The van der Waals surface area contributed by atoms with Crippen LogP contribution in [0.1, 0.15) is 48.4 Å². The highest BCUT2D eigenvalue weighted by Gasteiger charge is 2.52. The minimum atomic E-state index is -1.52. The molecule has 13 nitrogen and oxygen atoms in total. The van der Waals surface area contributed by atoms with Gasteiger partial charge in [-0.3, -0.25) is 28.8 Å². The molecule has 2 aliphatic rings. The van der Waals surface area contributed by atoms with Crippen molar-refractivity contribution < 1.29 is 62.3 Å². The Labute approximate surface area is 216 Å². The Morgan fingerprint density at radius 1 is 0.868 bits per heavy atom. The molecule has 0 aromatic heterocycles. The summed E-state index contributed by atoms with van der Waals surface area (Å²) in [5, 5.41) is 10.0. The summed E-state index contributed by atoms with van der Waals surface area (Å²) in [6.07, 6.45) is -4.59. The SMILES string of the molecule is CC(=O)OC[C@H]1[C@H](OC2=CC(=O)c3c(O)cccc3C2=O)O[C@H](COC(C)=O)[C@@H](OC(C)=O)[C@@H]1OC(C)=O. The Morgan fingerprint density at radius 3 is 2.08 bits per heavy atom. The number of carbonyl (C=O) groups is 6. The van der Waals surface area contributed by atoms with Crippen molar-refractivity contribution in [1.29, 1.82) is 0 Å². The first kappa shape index (κ1) is 28.3. The fourth-order valence-electron chi connectivity index (χ4n) is 4.07. The van der Waals surface area contributed by atoms with Gasteiger partial charge in [0.2, 0.25) is 12.1 Å². The number of aromatic hydroxyl groups is 1. The molecule has 0 saturated carbocycles. The Morgan fingerprint density at radius 2 is 1.47 bits per heavy atom. The van der Waals surface area contributed by atoms with Gasteiger partial charge in [0, 0.05) is 39.3 Å². The van der Waals surface area contributed by atoms with Crippen molar-refractivity contribution in [2.45, 2.75) is 52.3 Å². The van der Waals surface area contributed by atoms with Crippen molar-refractivity contribution in [2.24, 2.45) is 5.92 Å². The number of ether oxygens (including phenoxy) is 6. The molecular weight excluding hydrogens is 508 g/mol. The number of carbonyl (C=O) groups excluding carboxylic acids is 6. The van der Waals surface area contributed by atoms with Crippen LogP contribution in [0.3, 0.4) is 0 Å². The van der Waals surface area contributed by atoms with E-state index in [0.29, 0.717) is 0 Å². The monoisotopic (exact) mass is 534 g/mol. The van der Waals surface area contributed by atoms with Gasteiger partial charge in [0.1, 0.15) is 25.1 Å². The molecule has 0 spiro atoms. The number of ketones is 2. The fourth-order valence-corrected chi connectivity index (χ4v) is 4.07. The summed E-state index contributed by atoms with van der Waals surface area (Å²) < 4.78 is 32.5. The molecule has 1 aliphatic heterocycles. The van der Waals surface area contributed by atoms with Gasteiger partial charge < -0.3 is 33.5 Å². The van der Waals surface area contributed by atoms with Crippen molar-refractivity contribution in [3.63, 3.8) is 0 Å². The second kappa shape index (κ2) is 11.9. The predicted octanol–water partition coefficient (Wildman–Crippen LogP) is 1.00. The summed E-state index contributed by atoms with van der Waals surface area (Å²) in [4.78, 5) is 72.7. The maximum atomic E-state index is 13.1. The molecule has 1 saturated heterocycles. The quantitative estimate of drug-likeness (QED) is 0.369. The molecule has 0 bridgehead atoms. The Kier molecular flexibility index (Phi) is 8.84. The molecule has 1 aromatic rings. The van der Waals surface area contributed by atoms with Gasteiger partial charge in [0.25, 0.3) is 0 Å². The van der Waals surface area contributed by atoms with Gasteiger partial charge in [-0.2, -0.15) is 0 Å². The van der Waals surface area contributed by atoms with Gasteiger partial charge in [-0.15, -0.1) is 0 Å². The molecule has 38 heavy (non-hydrogen) atoms. The summed E-state index contributed by atoms with van der Waals surface area (Å²) in [6, 6.07) is 3.95. The predicted molar refractivity (Wildman–Crippen MR) is 122 cm³/mol. The van der Waals surface area contributed by atoms with Gasteiger partial charge in [0.15, 0.2) is 23.8 Å². The standard InChI is InChI=1S/C25H26O13/c1-11(26)33-9-16-23(35-13(3)28)24(36-14(4)29)20(10-34-12(2)27)38-25(16)37-19-8-18(31)21-15(22(19)32)6-5-7-17(21)30/h5-8,16,20,23-25,30H,9-10H2,1-4H3/t16-,20-,23-,24-,25-/m1/s1. The molecule has 1 heterocycles. The lowest BCUT2D eigenvalue weighted by Crippen LogP contribution is -2.60. The lowest BCUT2D eigenvalue weighted by molar-refractivity contribution is -0.286.